The van der Waals surface area contributed by atoms with Crippen molar-refractivity contribution in [2.75, 3.05) is 17.7 Å². The molecule has 2 aromatic carbocycles. The van der Waals surface area contributed by atoms with Crippen molar-refractivity contribution in [3.8, 4) is 5.75 Å². The van der Waals surface area contributed by atoms with Crippen molar-refractivity contribution >= 4 is 21.6 Å². The lowest BCUT2D eigenvalue weighted by Crippen LogP contribution is -2.48. The molecule has 0 aliphatic heterocycles. The minimum absolute atomic E-state index is 0.207. The van der Waals surface area contributed by atoms with Crippen LogP contribution in [-0.4, -0.2) is 33.7 Å². The van der Waals surface area contributed by atoms with E-state index in [2.05, 4.69) is 11.4 Å². The average Bonchev–Trinajstić information content (AvgIpc) is 2.65. The third kappa shape index (κ3) is 5.33. The van der Waals surface area contributed by atoms with Crippen LogP contribution in [0.4, 0.5) is 5.69 Å². The van der Waals surface area contributed by atoms with Crippen molar-refractivity contribution in [3.63, 3.8) is 0 Å². The molecule has 0 unspecified atom stereocenters. The maximum Gasteiger partial charge on any atom is 0.244 e. The van der Waals surface area contributed by atoms with E-state index in [0.717, 1.165) is 32.8 Å². The largest absolute Gasteiger partial charge is 0.495 e. The summed E-state index contributed by atoms with van der Waals surface area (Å²) >= 11 is 0. The minimum atomic E-state index is -3.74. The molecule has 2 atom stereocenters. The Bertz CT molecular complexity index is 1020. The Hall–Kier alpha value is -2.54. The van der Waals surface area contributed by atoms with Gasteiger partial charge in [0, 0.05) is 0 Å². The Balaban J connectivity index is 2.40. The van der Waals surface area contributed by atoms with Crippen LogP contribution >= 0.6 is 0 Å². The van der Waals surface area contributed by atoms with Crippen LogP contribution in [0.2, 0.25) is 0 Å². The first kappa shape index (κ1) is 23.7. The van der Waals surface area contributed by atoms with E-state index in [9.17, 15) is 13.2 Å². The van der Waals surface area contributed by atoms with Gasteiger partial charge in [-0.25, -0.2) is 8.42 Å². The van der Waals surface area contributed by atoms with Gasteiger partial charge in [-0.05, 0) is 62.9 Å². The zero-order valence-electron chi connectivity index (χ0n) is 18.8. The molecular formula is C23H32N2O4S. The highest BCUT2D eigenvalue weighted by Gasteiger charge is 2.32. The van der Waals surface area contributed by atoms with Crippen molar-refractivity contribution in [3.05, 3.63) is 58.7 Å². The number of ether oxygens (including phenoxy) is 1. The number of benzene rings is 2. The van der Waals surface area contributed by atoms with Crippen LogP contribution < -0.4 is 14.4 Å². The molecular weight excluding hydrogens is 400 g/mol. The smallest absolute Gasteiger partial charge is 0.244 e. The quantitative estimate of drug-likeness (QED) is 0.683. The number of aryl methyl sites for hydroxylation is 3. The summed E-state index contributed by atoms with van der Waals surface area (Å²) in [5.74, 6) is 0.0305. The first-order valence-electron chi connectivity index (χ1n) is 10.0. The molecule has 2 rings (SSSR count). The molecule has 30 heavy (non-hydrogen) atoms. The van der Waals surface area contributed by atoms with Gasteiger partial charge in [-0.3, -0.25) is 9.10 Å². The minimum Gasteiger partial charge on any atom is -0.495 e. The summed E-state index contributed by atoms with van der Waals surface area (Å²) < 4.78 is 31.8. The van der Waals surface area contributed by atoms with Crippen LogP contribution in [0.15, 0.2) is 36.4 Å². The van der Waals surface area contributed by atoms with Gasteiger partial charge in [0.05, 0.1) is 25.1 Å². The number of amides is 1. The lowest BCUT2D eigenvalue weighted by atomic mass is 9.97. The fourth-order valence-corrected chi connectivity index (χ4v) is 4.83. The molecule has 0 fully saturated rings. The fraction of sp³-hybridized carbons (Fsp3) is 0.435. The van der Waals surface area contributed by atoms with Gasteiger partial charge < -0.3 is 10.1 Å². The van der Waals surface area contributed by atoms with Crippen molar-refractivity contribution in [2.45, 2.75) is 53.1 Å². The molecule has 164 valence electrons. The van der Waals surface area contributed by atoms with Gasteiger partial charge in [-0.1, -0.05) is 36.8 Å². The van der Waals surface area contributed by atoms with Crippen LogP contribution in [0.5, 0.6) is 5.75 Å². The Morgan fingerprint density at radius 2 is 1.70 bits per heavy atom. The number of rotatable bonds is 8. The number of hydrogen-bond acceptors (Lipinski definition) is 4. The van der Waals surface area contributed by atoms with E-state index >= 15 is 0 Å². The third-order valence-corrected chi connectivity index (χ3v) is 6.41. The maximum atomic E-state index is 13.2. The normalized spacial score (nSPS) is 13.4. The Kier molecular flexibility index (Phi) is 7.53. The zero-order valence-corrected chi connectivity index (χ0v) is 19.6. The molecule has 0 saturated heterocycles. The van der Waals surface area contributed by atoms with Crippen molar-refractivity contribution < 1.29 is 17.9 Å². The topological polar surface area (TPSA) is 75.7 Å². The van der Waals surface area contributed by atoms with Gasteiger partial charge in [0.25, 0.3) is 0 Å². The standard InChI is InChI=1S/C23H32N2O4S/c1-8-20(19-11-9-15(2)13-17(19)4)24-23(26)18(5)25(30(7,27)28)21-14-16(3)10-12-22(21)29-6/h9-14,18,20H,8H2,1-7H3,(H,24,26)/t18-,20+/m1/s1. The summed E-state index contributed by atoms with van der Waals surface area (Å²) in [5, 5.41) is 3.03. The fourth-order valence-electron chi connectivity index (χ4n) is 3.66. The molecule has 1 N–H and O–H groups in total. The van der Waals surface area contributed by atoms with Crippen LogP contribution in [0.3, 0.4) is 0 Å². The highest BCUT2D eigenvalue weighted by atomic mass is 32.2. The van der Waals surface area contributed by atoms with Crippen LogP contribution in [-0.2, 0) is 14.8 Å². The molecule has 0 spiro atoms. The van der Waals surface area contributed by atoms with E-state index in [1.807, 2.05) is 45.9 Å². The summed E-state index contributed by atoms with van der Waals surface area (Å²) in [5.41, 5.74) is 4.49. The molecule has 0 bridgehead atoms. The third-order valence-electron chi connectivity index (χ3n) is 5.19. The molecule has 7 heteroatoms. The molecule has 1 amide bonds. The highest BCUT2D eigenvalue weighted by Crippen LogP contribution is 2.33. The van der Waals surface area contributed by atoms with Gasteiger partial charge in [-0.2, -0.15) is 0 Å². The predicted molar refractivity (Wildman–Crippen MR) is 122 cm³/mol. The van der Waals surface area contributed by atoms with Gasteiger partial charge in [-0.15, -0.1) is 0 Å². The predicted octanol–water partition coefficient (Wildman–Crippen LogP) is 4.04. The van der Waals surface area contributed by atoms with Crippen molar-refractivity contribution in [2.24, 2.45) is 0 Å². The van der Waals surface area contributed by atoms with Gasteiger partial charge in [0.2, 0.25) is 15.9 Å². The van der Waals surface area contributed by atoms with E-state index in [1.54, 1.807) is 19.1 Å². The molecule has 0 aromatic heterocycles. The molecule has 2 aromatic rings. The van der Waals surface area contributed by atoms with Crippen molar-refractivity contribution in [1.82, 2.24) is 5.32 Å². The second kappa shape index (κ2) is 9.51. The summed E-state index contributed by atoms with van der Waals surface area (Å²) in [7, 11) is -2.26. The number of methoxy groups -OCH3 is 1. The zero-order chi connectivity index (χ0) is 22.6. The molecule has 0 aliphatic carbocycles. The average molecular weight is 433 g/mol. The number of carbonyl (C=O) groups is 1. The Morgan fingerprint density at radius 1 is 1.10 bits per heavy atom. The van der Waals surface area contributed by atoms with Gasteiger partial charge in [0.1, 0.15) is 11.8 Å². The molecule has 0 saturated carbocycles. The summed E-state index contributed by atoms with van der Waals surface area (Å²) in [6.45, 7) is 9.49. The molecule has 0 heterocycles. The van der Waals surface area contributed by atoms with E-state index in [1.165, 1.54) is 7.11 Å². The van der Waals surface area contributed by atoms with E-state index in [-0.39, 0.29) is 11.9 Å². The second-order valence-corrected chi connectivity index (χ2v) is 9.60. The van der Waals surface area contributed by atoms with Crippen molar-refractivity contribution in [1.29, 1.82) is 0 Å². The molecule has 6 nitrogen and oxygen atoms in total. The number of nitrogens with one attached hydrogen (secondary N) is 1. The van der Waals surface area contributed by atoms with Crippen LogP contribution in [0.1, 0.15) is 48.6 Å². The maximum absolute atomic E-state index is 13.2. The first-order valence-corrected chi connectivity index (χ1v) is 11.9. The monoisotopic (exact) mass is 432 g/mol. The Morgan fingerprint density at radius 3 is 2.23 bits per heavy atom. The molecule has 0 aliphatic rings. The lowest BCUT2D eigenvalue weighted by molar-refractivity contribution is -0.122. The van der Waals surface area contributed by atoms with E-state index in [0.29, 0.717) is 17.9 Å². The lowest BCUT2D eigenvalue weighted by Gasteiger charge is -2.31. The SMILES string of the molecule is CC[C@H](NC(=O)[C@@H](C)N(c1cc(C)ccc1OC)S(C)(=O)=O)c1ccc(C)cc1C. The van der Waals surface area contributed by atoms with E-state index < -0.39 is 16.1 Å². The summed E-state index contributed by atoms with van der Waals surface area (Å²) in [6.07, 6.45) is 1.79. The van der Waals surface area contributed by atoms with E-state index in [4.69, 9.17) is 4.74 Å². The second-order valence-electron chi connectivity index (χ2n) is 7.74. The Labute approximate surface area is 180 Å². The van der Waals surface area contributed by atoms with Crippen LogP contribution in [0.25, 0.3) is 0 Å². The number of sulfonamides is 1. The number of nitrogens with zero attached hydrogens (tertiary/aromatic N) is 1. The van der Waals surface area contributed by atoms with Gasteiger partial charge >= 0.3 is 0 Å². The number of hydrogen-bond donors (Lipinski definition) is 1. The van der Waals surface area contributed by atoms with Gasteiger partial charge in [0.15, 0.2) is 0 Å². The first-order chi connectivity index (χ1) is 14.0. The summed E-state index contributed by atoms with van der Waals surface area (Å²) in [4.78, 5) is 13.2. The summed E-state index contributed by atoms with van der Waals surface area (Å²) in [6, 6.07) is 10.2. The number of anilines is 1. The molecule has 0 radical (unpaired) electrons. The highest BCUT2D eigenvalue weighted by molar-refractivity contribution is 7.92. The number of carbonyl (C=O) groups excluding carboxylic acids is 1. The van der Waals surface area contributed by atoms with Crippen LogP contribution in [0, 0.1) is 20.8 Å².